The number of aliphatic hydroxyl groups is 2. The van der Waals surface area contributed by atoms with E-state index in [1.165, 1.54) is 283 Å². The number of esters is 1. The average molecular weight is 1040 g/mol. The third-order valence-electron chi connectivity index (χ3n) is 15.4. The molecule has 0 bridgehead atoms. The SMILES string of the molecule is CCCCC/C=C\C/C=C\CCCCCCCCCC(=O)OCCCCCCCCCCCCCCCCCCCCCCCCCCCCCCCCC(=O)NC(CO)C(O)/C=C/CCCCCCCCCC. The summed E-state index contributed by atoms with van der Waals surface area (Å²) in [6.07, 6.45) is 80.8. The Morgan fingerprint density at radius 2 is 0.676 bits per heavy atom. The minimum atomic E-state index is -0.840. The zero-order chi connectivity index (χ0) is 53.6. The lowest BCUT2D eigenvalue weighted by molar-refractivity contribution is -0.143. The smallest absolute Gasteiger partial charge is 0.305 e. The molecule has 6 nitrogen and oxygen atoms in total. The molecule has 0 saturated carbocycles. The number of allylic oxidation sites excluding steroid dienone is 5. The van der Waals surface area contributed by atoms with Gasteiger partial charge in [0.15, 0.2) is 0 Å². The first kappa shape index (κ1) is 72.1. The van der Waals surface area contributed by atoms with Crippen LogP contribution >= 0.6 is 0 Å². The van der Waals surface area contributed by atoms with Gasteiger partial charge in [0.2, 0.25) is 5.91 Å². The van der Waals surface area contributed by atoms with Crippen LogP contribution in [-0.4, -0.2) is 47.4 Å². The average Bonchev–Trinajstić information content (AvgIpc) is 3.40. The second kappa shape index (κ2) is 63.6. The summed E-state index contributed by atoms with van der Waals surface area (Å²) in [5.74, 6) is -0.0530. The molecule has 0 aromatic rings. The van der Waals surface area contributed by atoms with Crippen LogP contribution in [-0.2, 0) is 14.3 Å². The number of hydrogen-bond acceptors (Lipinski definition) is 5. The van der Waals surface area contributed by atoms with Crippen LogP contribution in [0.2, 0.25) is 0 Å². The van der Waals surface area contributed by atoms with E-state index in [2.05, 4.69) is 43.5 Å². The van der Waals surface area contributed by atoms with Crippen molar-refractivity contribution in [3.63, 3.8) is 0 Å². The van der Waals surface area contributed by atoms with E-state index in [-0.39, 0.29) is 18.5 Å². The fourth-order valence-corrected chi connectivity index (χ4v) is 10.3. The molecular weight excluding hydrogens is 911 g/mol. The lowest BCUT2D eigenvalue weighted by Gasteiger charge is -2.20. The maximum absolute atomic E-state index is 12.4. The molecule has 3 N–H and O–H groups in total. The number of unbranched alkanes of at least 4 members (excludes halogenated alkanes) is 47. The Balaban J connectivity index is 3.31. The number of hydrogen-bond donors (Lipinski definition) is 3. The molecule has 0 aliphatic rings. The molecule has 0 radical (unpaired) electrons. The van der Waals surface area contributed by atoms with Gasteiger partial charge in [-0.2, -0.15) is 0 Å². The van der Waals surface area contributed by atoms with Gasteiger partial charge in [0.1, 0.15) is 0 Å². The van der Waals surface area contributed by atoms with Crippen LogP contribution in [0, 0.1) is 0 Å². The fraction of sp³-hybridized carbons (Fsp3) is 0.882. The Morgan fingerprint density at radius 1 is 0.378 bits per heavy atom. The standard InChI is InChI=1S/C68H129NO5/c1-3-5-7-9-11-13-15-16-17-32-36-39-42-46-50-54-58-62-68(73)74-63-59-55-51-47-43-40-37-34-31-29-27-25-23-21-19-18-20-22-24-26-28-30-33-35-38-41-45-49-53-57-61-67(72)69-65(64-70)66(71)60-56-52-48-44-14-12-10-8-6-4-2/h11,13,16-17,56,60,65-66,70-71H,3-10,12,14-15,18-55,57-59,61-64H2,1-2H3,(H,69,72)/b13-11-,17-16-,60-56+. The molecule has 0 rings (SSSR count). The second-order valence-corrected chi connectivity index (χ2v) is 22.8. The normalized spacial score (nSPS) is 12.8. The molecule has 0 aliphatic heterocycles. The van der Waals surface area contributed by atoms with Crippen molar-refractivity contribution < 1.29 is 24.5 Å². The fourth-order valence-electron chi connectivity index (χ4n) is 10.3. The molecule has 0 heterocycles. The van der Waals surface area contributed by atoms with Gasteiger partial charge >= 0.3 is 5.97 Å². The summed E-state index contributed by atoms with van der Waals surface area (Å²) >= 11 is 0. The Bertz CT molecular complexity index is 1200. The Kier molecular flexibility index (Phi) is 62.0. The number of carbonyl (C=O) groups excluding carboxylic acids is 2. The van der Waals surface area contributed by atoms with E-state index in [1.54, 1.807) is 6.08 Å². The molecule has 2 unspecified atom stereocenters. The third-order valence-corrected chi connectivity index (χ3v) is 15.4. The van der Waals surface area contributed by atoms with Crippen LogP contribution < -0.4 is 5.32 Å². The maximum Gasteiger partial charge on any atom is 0.305 e. The van der Waals surface area contributed by atoms with E-state index in [1.807, 2.05) is 6.08 Å². The van der Waals surface area contributed by atoms with Crippen molar-refractivity contribution in [3.8, 4) is 0 Å². The summed E-state index contributed by atoms with van der Waals surface area (Å²) in [6, 6.07) is -0.623. The van der Waals surface area contributed by atoms with E-state index < -0.39 is 12.1 Å². The molecule has 2 atom stereocenters. The van der Waals surface area contributed by atoms with Crippen molar-refractivity contribution in [2.45, 2.75) is 373 Å². The van der Waals surface area contributed by atoms with Crippen LogP contribution in [0.15, 0.2) is 36.5 Å². The summed E-state index contributed by atoms with van der Waals surface area (Å²) in [5.41, 5.74) is 0. The van der Waals surface area contributed by atoms with Crippen LogP contribution in [0.4, 0.5) is 0 Å². The summed E-state index contributed by atoms with van der Waals surface area (Å²) in [4.78, 5) is 24.5. The molecule has 1 amide bonds. The Morgan fingerprint density at radius 3 is 1.05 bits per heavy atom. The van der Waals surface area contributed by atoms with E-state index >= 15 is 0 Å². The van der Waals surface area contributed by atoms with E-state index in [0.717, 1.165) is 51.4 Å². The van der Waals surface area contributed by atoms with Crippen molar-refractivity contribution in [2.24, 2.45) is 0 Å². The maximum atomic E-state index is 12.4. The largest absolute Gasteiger partial charge is 0.466 e. The van der Waals surface area contributed by atoms with Crippen LogP contribution in [0.5, 0.6) is 0 Å². The van der Waals surface area contributed by atoms with Gasteiger partial charge in [-0.3, -0.25) is 9.59 Å². The highest BCUT2D eigenvalue weighted by atomic mass is 16.5. The summed E-state index contributed by atoms with van der Waals surface area (Å²) < 4.78 is 5.50. The number of ether oxygens (including phenoxy) is 1. The molecular formula is C68H129NO5. The van der Waals surface area contributed by atoms with E-state index in [4.69, 9.17) is 4.74 Å². The molecule has 0 aliphatic carbocycles. The summed E-state index contributed by atoms with van der Waals surface area (Å²) in [7, 11) is 0. The third kappa shape index (κ3) is 59.3. The number of nitrogens with one attached hydrogen (secondary N) is 1. The molecule has 6 heteroatoms. The van der Waals surface area contributed by atoms with Crippen LogP contribution in [0.25, 0.3) is 0 Å². The molecule has 0 fully saturated rings. The first-order valence-electron chi connectivity index (χ1n) is 33.3. The molecule has 74 heavy (non-hydrogen) atoms. The van der Waals surface area contributed by atoms with Gasteiger partial charge in [-0.15, -0.1) is 0 Å². The van der Waals surface area contributed by atoms with Gasteiger partial charge in [-0.1, -0.05) is 320 Å². The minimum absolute atomic E-state index is 0.0120. The highest BCUT2D eigenvalue weighted by Gasteiger charge is 2.18. The van der Waals surface area contributed by atoms with E-state index in [0.29, 0.717) is 19.4 Å². The molecule has 0 aromatic heterocycles. The predicted molar refractivity (Wildman–Crippen MR) is 324 cm³/mol. The number of amides is 1. The summed E-state index contributed by atoms with van der Waals surface area (Å²) in [5, 5.41) is 23.0. The van der Waals surface area contributed by atoms with Crippen molar-refractivity contribution in [3.05, 3.63) is 36.5 Å². The topological polar surface area (TPSA) is 95.9 Å². The highest BCUT2D eigenvalue weighted by Crippen LogP contribution is 2.18. The highest BCUT2D eigenvalue weighted by molar-refractivity contribution is 5.76. The molecule has 436 valence electrons. The molecule has 0 saturated heterocycles. The van der Waals surface area contributed by atoms with Gasteiger partial charge in [-0.25, -0.2) is 0 Å². The van der Waals surface area contributed by atoms with Crippen molar-refractivity contribution >= 4 is 11.9 Å². The Labute approximate surface area is 462 Å². The van der Waals surface area contributed by atoms with E-state index in [9.17, 15) is 19.8 Å². The van der Waals surface area contributed by atoms with Crippen LogP contribution in [0.3, 0.4) is 0 Å². The molecule has 0 aromatic carbocycles. The minimum Gasteiger partial charge on any atom is -0.466 e. The first-order valence-corrected chi connectivity index (χ1v) is 33.3. The van der Waals surface area contributed by atoms with Crippen LogP contribution in [0.1, 0.15) is 361 Å². The quantitative estimate of drug-likeness (QED) is 0.0320. The first-order chi connectivity index (χ1) is 36.5. The van der Waals surface area contributed by atoms with Gasteiger partial charge in [0, 0.05) is 12.8 Å². The van der Waals surface area contributed by atoms with Crippen molar-refractivity contribution in [1.29, 1.82) is 0 Å². The van der Waals surface area contributed by atoms with Crippen molar-refractivity contribution in [2.75, 3.05) is 13.2 Å². The summed E-state index contributed by atoms with van der Waals surface area (Å²) in [6.45, 7) is 4.88. The number of aliphatic hydroxyl groups excluding tert-OH is 2. The Hall–Kier alpha value is -1.92. The zero-order valence-electron chi connectivity index (χ0n) is 49.8. The predicted octanol–water partition coefficient (Wildman–Crippen LogP) is 21.1. The number of rotatable bonds is 62. The van der Waals surface area contributed by atoms with Gasteiger partial charge in [-0.05, 0) is 64.2 Å². The van der Waals surface area contributed by atoms with Gasteiger partial charge in [0.05, 0.1) is 25.4 Å². The molecule has 0 spiro atoms. The lowest BCUT2D eigenvalue weighted by Crippen LogP contribution is -2.45. The zero-order valence-corrected chi connectivity index (χ0v) is 49.8. The lowest BCUT2D eigenvalue weighted by atomic mass is 10.0. The van der Waals surface area contributed by atoms with Gasteiger partial charge in [0.25, 0.3) is 0 Å². The monoisotopic (exact) mass is 1040 g/mol. The van der Waals surface area contributed by atoms with Crippen molar-refractivity contribution in [1.82, 2.24) is 5.32 Å². The second-order valence-electron chi connectivity index (χ2n) is 22.8. The number of carbonyl (C=O) groups is 2. The van der Waals surface area contributed by atoms with Gasteiger partial charge < -0.3 is 20.3 Å².